The number of amides is 1. The summed E-state index contributed by atoms with van der Waals surface area (Å²) in [5, 5.41) is 11.7. The van der Waals surface area contributed by atoms with Crippen molar-refractivity contribution >= 4 is 29.1 Å². The molecule has 4 nitrogen and oxygen atoms in total. The fourth-order valence-corrected chi connectivity index (χ4v) is 3.88. The highest BCUT2D eigenvalue weighted by Crippen LogP contribution is 2.38. The highest BCUT2D eigenvalue weighted by Gasteiger charge is 2.49. The van der Waals surface area contributed by atoms with Gasteiger partial charge in [-0.15, -0.1) is 4.65 Å². The summed E-state index contributed by atoms with van der Waals surface area (Å²) in [5.74, 6) is -0.399. The smallest absolute Gasteiger partial charge is 0.326 e. The van der Waals surface area contributed by atoms with Gasteiger partial charge in [0, 0.05) is 18.0 Å². The van der Waals surface area contributed by atoms with Crippen molar-refractivity contribution < 1.29 is 14.6 Å². The monoisotopic (exact) mass is 353 g/mol. The Kier molecular flexibility index (Phi) is 3.84. The normalized spacial score (nSPS) is 22.7. The summed E-state index contributed by atoms with van der Waals surface area (Å²) in [6.45, 7) is 4.60. The van der Waals surface area contributed by atoms with E-state index in [1.807, 2.05) is 32.0 Å². The third kappa shape index (κ3) is 2.60. The largest absolute Gasteiger partial charge is 0.394 e. The van der Waals surface area contributed by atoms with Crippen LogP contribution in [-0.4, -0.2) is 26.9 Å². The molecule has 0 radical (unpaired) electrons. The molecular weight excluding hydrogens is 335 g/mol. The minimum absolute atomic E-state index is 0.235. The number of carbonyl (C=O) groups excluding carboxylic acids is 1. The van der Waals surface area contributed by atoms with Gasteiger partial charge in [-0.05, 0) is 11.6 Å². The first-order chi connectivity index (χ1) is 10.7. The Morgan fingerprint density at radius 1 is 1.30 bits per heavy atom. The Bertz CT molecular complexity index is 798. The van der Waals surface area contributed by atoms with Gasteiger partial charge >= 0.3 is 5.91 Å². The maximum absolute atomic E-state index is 13.0. The molecule has 0 bridgehead atoms. The van der Waals surface area contributed by atoms with Gasteiger partial charge in [0.05, 0.1) is 5.02 Å². The van der Waals surface area contributed by atoms with Gasteiger partial charge in [0.2, 0.25) is 0 Å². The predicted molar refractivity (Wildman–Crippen MR) is 89.8 cm³/mol. The summed E-state index contributed by atoms with van der Waals surface area (Å²) in [6, 6.07) is 9.43. The van der Waals surface area contributed by atoms with Gasteiger partial charge in [-0.25, -0.2) is 10.0 Å². The first-order valence-corrected chi connectivity index (χ1v) is 8.15. The van der Waals surface area contributed by atoms with Crippen LogP contribution in [0.2, 0.25) is 10.2 Å². The lowest BCUT2D eigenvalue weighted by molar-refractivity contribution is -1.05. The van der Waals surface area contributed by atoms with Gasteiger partial charge < -0.3 is 4.57 Å². The molecular formula is C17H19Cl2N2O2+. The van der Waals surface area contributed by atoms with E-state index in [0.717, 1.165) is 5.56 Å². The van der Waals surface area contributed by atoms with Gasteiger partial charge in [-0.2, -0.15) is 0 Å². The summed E-state index contributed by atoms with van der Waals surface area (Å²) in [6.07, 6.45) is 0. The number of nitrogens with zero attached hydrogens (tertiary/aromatic N) is 2. The lowest BCUT2D eigenvalue weighted by Gasteiger charge is -2.40. The van der Waals surface area contributed by atoms with Gasteiger partial charge in [-0.3, -0.25) is 0 Å². The summed E-state index contributed by atoms with van der Waals surface area (Å²) in [7, 11) is 1.66. The second-order valence-corrected chi connectivity index (χ2v) is 7.58. The second kappa shape index (κ2) is 5.35. The van der Waals surface area contributed by atoms with E-state index in [-0.39, 0.29) is 12.0 Å². The summed E-state index contributed by atoms with van der Waals surface area (Å²) in [4.78, 5) is 13.0. The van der Waals surface area contributed by atoms with Crippen LogP contribution in [0.5, 0.6) is 0 Å². The van der Waals surface area contributed by atoms with Crippen LogP contribution in [0.25, 0.3) is 0 Å². The summed E-state index contributed by atoms with van der Waals surface area (Å²) in [5.41, 5.74) is 2.13. The van der Waals surface area contributed by atoms with Crippen molar-refractivity contribution in [2.45, 2.75) is 25.8 Å². The number of quaternary nitrogens is 1. The second-order valence-electron chi connectivity index (χ2n) is 6.81. The molecule has 1 atom stereocenters. The SMILES string of the molecule is Cn1c(C(=O)[N+]2(O)Cc3ccccc3C(C)(C)C2)cc(Cl)c1Cl. The van der Waals surface area contributed by atoms with Crippen molar-refractivity contribution in [2.24, 2.45) is 7.05 Å². The molecule has 0 fully saturated rings. The number of benzene rings is 1. The number of rotatable bonds is 1. The minimum Gasteiger partial charge on any atom is -0.326 e. The molecule has 0 saturated heterocycles. The standard InChI is InChI=1S/C17H19Cl2N2O2/c1-17(2)10-21(23,9-11-6-4-5-7-12(11)17)16(22)14-8-13(18)15(19)20(14)3/h4-8,23H,9-10H2,1-3H3/q+1. The average Bonchev–Trinajstić information content (AvgIpc) is 2.73. The van der Waals surface area contributed by atoms with Crippen molar-refractivity contribution in [1.82, 2.24) is 4.57 Å². The highest BCUT2D eigenvalue weighted by molar-refractivity contribution is 6.41. The van der Waals surface area contributed by atoms with Crippen LogP contribution in [0.1, 0.15) is 35.5 Å². The number of hydrogen-bond acceptors (Lipinski definition) is 2. The lowest BCUT2D eigenvalue weighted by atomic mass is 9.78. The number of halogens is 2. The van der Waals surface area contributed by atoms with Crippen LogP contribution >= 0.6 is 23.2 Å². The van der Waals surface area contributed by atoms with E-state index in [2.05, 4.69) is 6.07 Å². The fourth-order valence-electron chi connectivity index (χ4n) is 3.50. The summed E-state index contributed by atoms with van der Waals surface area (Å²) >= 11 is 12.1. The lowest BCUT2D eigenvalue weighted by Crippen LogP contribution is -2.58. The Labute approximate surface area is 145 Å². The molecule has 3 rings (SSSR count). The van der Waals surface area contributed by atoms with Gasteiger partial charge in [0.15, 0.2) is 5.69 Å². The molecule has 0 spiro atoms. The van der Waals surface area contributed by atoms with Crippen LogP contribution < -0.4 is 0 Å². The Morgan fingerprint density at radius 3 is 2.57 bits per heavy atom. The number of hydrogen-bond donors (Lipinski definition) is 1. The third-order valence-electron chi connectivity index (χ3n) is 4.55. The zero-order chi connectivity index (χ0) is 17.0. The maximum Gasteiger partial charge on any atom is 0.394 e. The molecule has 2 heterocycles. The number of carbonyl (C=O) groups is 1. The van der Waals surface area contributed by atoms with Crippen molar-refractivity contribution in [1.29, 1.82) is 0 Å². The topological polar surface area (TPSA) is 42.2 Å². The Hall–Kier alpha value is -1.33. The Balaban J connectivity index is 2.06. The molecule has 122 valence electrons. The fraction of sp³-hybridized carbons (Fsp3) is 0.353. The van der Waals surface area contributed by atoms with Gasteiger partial charge in [0.1, 0.15) is 18.2 Å². The van der Waals surface area contributed by atoms with Crippen molar-refractivity contribution in [3.63, 3.8) is 0 Å². The van der Waals surface area contributed by atoms with Crippen molar-refractivity contribution in [3.8, 4) is 0 Å². The molecule has 1 aromatic heterocycles. The predicted octanol–water partition coefficient (Wildman–Crippen LogP) is 4.17. The quantitative estimate of drug-likeness (QED) is 0.617. The van der Waals surface area contributed by atoms with Crippen molar-refractivity contribution in [2.75, 3.05) is 6.54 Å². The zero-order valence-electron chi connectivity index (χ0n) is 13.3. The third-order valence-corrected chi connectivity index (χ3v) is 5.39. The molecule has 1 aliphatic heterocycles. The molecule has 23 heavy (non-hydrogen) atoms. The molecule has 1 aromatic carbocycles. The summed E-state index contributed by atoms with van der Waals surface area (Å²) < 4.78 is 0.824. The molecule has 0 saturated carbocycles. The van der Waals surface area contributed by atoms with E-state index in [9.17, 15) is 10.0 Å². The van der Waals surface area contributed by atoms with E-state index in [0.29, 0.717) is 22.4 Å². The first kappa shape index (κ1) is 16.5. The van der Waals surface area contributed by atoms with Crippen LogP contribution in [0.3, 0.4) is 0 Å². The maximum atomic E-state index is 13.0. The van der Waals surface area contributed by atoms with E-state index < -0.39 is 10.6 Å². The zero-order valence-corrected chi connectivity index (χ0v) is 14.8. The molecule has 0 aliphatic carbocycles. The minimum atomic E-state index is -0.686. The molecule has 1 N–H and O–H groups in total. The average molecular weight is 354 g/mol. The van der Waals surface area contributed by atoms with Crippen LogP contribution in [-0.2, 0) is 19.0 Å². The number of hydroxylamine groups is 3. The molecule has 1 amide bonds. The van der Waals surface area contributed by atoms with E-state index in [1.54, 1.807) is 7.05 Å². The van der Waals surface area contributed by atoms with Gasteiger partial charge in [0.25, 0.3) is 0 Å². The van der Waals surface area contributed by atoms with Crippen LogP contribution in [0.15, 0.2) is 30.3 Å². The van der Waals surface area contributed by atoms with E-state index in [1.165, 1.54) is 16.2 Å². The number of fused-ring (bicyclic) bond motifs is 1. The van der Waals surface area contributed by atoms with E-state index >= 15 is 0 Å². The van der Waals surface area contributed by atoms with Gasteiger partial charge in [-0.1, -0.05) is 61.3 Å². The molecule has 2 aromatic rings. The number of aromatic nitrogens is 1. The van der Waals surface area contributed by atoms with Crippen LogP contribution in [0.4, 0.5) is 0 Å². The van der Waals surface area contributed by atoms with E-state index in [4.69, 9.17) is 23.2 Å². The highest BCUT2D eigenvalue weighted by atomic mass is 35.5. The Morgan fingerprint density at radius 2 is 1.96 bits per heavy atom. The molecule has 1 aliphatic rings. The van der Waals surface area contributed by atoms with Crippen molar-refractivity contribution in [3.05, 3.63) is 57.3 Å². The van der Waals surface area contributed by atoms with Crippen LogP contribution in [0, 0.1) is 0 Å². The first-order valence-electron chi connectivity index (χ1n) is 7.39. The molecule has 1 unspecified atom stereocenters. The molecule has 6 heteroatoms.